The topological polar surface area (TPSA) is 115 Å². The Morgan fingerprint density at radius 2 is 1.93 bits per heavy atom. The maximum Gasteiger partial charge on any atom is 0.395 e. The number of hydrogen-bond donors (Lipinski definition) is 2. The molecule has 1 aromatic carbocycles. The molecule has 2 aliphatic rings. The summed E-state index contributed by atoms with van der Waals surface area (Å²) in [5, 5.41) is 9.86. The molecule has 3 N–H and O–H groups in total. The molecule has 2 aromatic rings. The zero-order chi connectivity index (χ0) is 29.2. The van der Waals surface area contributed by atoms with Crippen molar-refractivity contribution in [2.45, 2.75) is 56.3 Å². The predicted octanol–water partition coefficient (Wildman–Crippen LogP) is 3.51. The van der Waals surface area contributed by atoms with Gasteiger partial charge in [0.1, 0.15) is 17.6 Å². The van der Waals surface area contributed by atoms with E-state index in [1.54, 1.807) is 12.1 Å². The summed E-state index contributed by atoms with van der Waals surface area (Å²) in [6.07, 6.45) is -2.09. The molecule has 13 heteroatoms. The van der Waals surface area contributed by atoms with E-state index in [1.165, 1.54) is 36.5 Å². The van der Waals surface area contributed by atoms with Gasteiger partial charge in [-0.3, -0.25) is 9.78 Å². The van der Waals surface area contributed by atoms with Crippen molar-refractivity contribution in [1.29, 1.82) is 0 Å². The molecule has 40 heavy (non-hydrogen) atoms. The highest BCUT2D eigenvalue weighted by atomic mass is 32.2. The predicted molar refractivity (Wildman–Crippen MR) is 141 cm³/mol. The van der Waals surface area contributed by atoms with Crippen molar-refractivity contribution < 1.29 is 36.8 Å². The van der Waals surface area contributed by atoms with Gasteiger partial charge in [-0.25, -0.2) is 4.39 Å². The minimum absolute atomic E-state index is 0.0119. The first-order chi connectivity index (χ1) is 18.7. The van der Waals surface area contributed by atoms with Crippen molar-refractivity contribution in [3.8, 4) is 17.0 Å². The fourth-order valence-electron chi connectivity index (χ4n) is 4.97. The van der Waals surface area contributed by atoms with Crippen LogP contribution in [0.1, 0.15) is 33.1 Å². The fraction of sp³-hybridized carbons (Fsp3) is 0.556. The van der Waals surface area contributed by atoms with E-state index in [0.29, 0.717) is 31.1 Å². The molecule has 1 unspecified atom stereocenters. The smallest absolute Gasteiger partial charge is 0.395 e. The zero-order valence-corrected chi connectivity index (χ0v) is 23.2. The molecule has 3 heterocycles. The van der Waals surface area contributed by atoms with Crippen molar-refractivity contribution in [3.05, 3.63) is 42.3 Å². The number of benzene rings is 1. The highest BCUT2D eigenvalue weighted by molar-refractivity contribution is 7.89. The molecule has 0 saturated carbocycles. The van der Waals surface area contributed by atoms with Crippen LogP contribution in [0.5, 0.6) is 5.75 Å². The van der Waals surface area contributed by atoms with Gasteiger partial charge in [-0.2, -0.15) is 13.2 Å². The van der Waals surface area contributed by atoms with E-state index in [1.807, 2.05) is 4.90 Å². The summed E-state index contributed by atoms with van der Waals surface area (Å²) in [6.45, 7) is 3.96. The standard InChI is InChI=1S/C27H34F4N4O4S/c1-26(2,27(29,30)31)16-34-9-7-17(8-10-34)15-39-19-3-6-23(33-13-19)21-5-4-20(12-22(21)28)40(38)35-14-18(36)11-24(35)25(32)37/h3-6,12-13,17-18,24,36H,7-11,14-16H2,1-2H3,(H2,32,37)/t18-,24+,40?/m1/s1. The number of rotatable bonds is 9. The molecule has 0 aliphatic carbocycles. The van der Waals surface area contributed by atoms with E-state index in [2.05, 4.69) is 4.98 Å². The largest absolute Gasteiger partial charge is 0.593 e. The molecule has 0 bridgehead atoms. The first-order valence-electron chi connectivity index (χ1n) is 13.1. The quantitative estimate of drug-likeness (QED) is 0.341. The zero-order valence-electron chi connectivity index (χ0n) is 22.4. The maximum atomic E-state index is 15.0. The Hall–Kier alpha value is -2.45. The molecule has 220 valence electrons. The third-order valence-corrected chi connectivity index (χ3v) is 9.00. The number of aliphatic hydroxyl groups is 1. The van der Waals surface area contributed by atoms with Crippen molar-refractivity contribution >= 4 is 17.3 Å². The van der Waals surface area contributed by atoms with E-state index in [-0.39, 0.29) is 35.9 Å². The second-order valence-corrected chi connectivity index (χ2v) is 12.5. The Morgan fingerprint density at radius 1 is 1.23 bits per heavy atom. The lowest BCUT2D eigenvalue weighted by molar-refractivity contribution is -0.217. The Balaban J connectivity index is 1.30. The van der Waals surface area contributed by atoms with Gasteiger partial charge in [-0.05, 0) is 70.0 Å². The summed E-state index contributed by atoms with van der Waals surface area (Å²) in [5.74, 6) is -0.652. The lowest BCUT2D eigenvalue weighted by Gasteiger charge is -2.38. The number of likely N-dealkylation sites (tertiary alicyclic amines) is 1. The molecule has 3 atom stereocenters. The van der Waals surface area contributed by atoms with Crippen LogP contribution in [0.2, 0.25) is 0 Å². The number of aliphatic hydroxyl groups excluding tert-OH is 1. The van der Waals surface area contributed by atoms with Gasteiger partial charge in [0.15, 0.2) is 4.90 Å². The van der Waals surface area contributed by atoms with Crippen LogP contribution in [-0.4, -0.2) is 80.9 Å². The minimum Gasteiger partial charge on any atom is -0.593 e. The van der Waals surface area contributed by atoms with E-state index >= 15 is 0 Å². The number of halogens is 4. The van der Waals surface area contributed by atoms with Crippen LogP contribution < -0.4 is 10.5 Å². The molecule has 2 saturated heterocycles. The fourth-order valence-corrected chi connectivity index (χ4v) is 6.36. The minimum atomic E-state index is -4.25. The molecular weight excluding hydrogens is 552 g/mol. The molecule has 2 aliphatic heterocycles. The first-order valence-corrected chi connectivity index (χ1v) is 14.2. The number of aromatic nitrogens is 1. The number of β-amino-alcohol motifs (C(OH)–C–C–N with tert-alkyl or cyclic N) is 1. The van der Waals surface area contributed by atoms with Crippen molar-refractivity contribution in [1.82, 2.24) is 14.2 Å². The first kappa shape index (κ1) is 30.5. The van der Waals surface area contributed by atoms with Gasteiger partial charge < -0.3 is 25.0 Å². The van der Waals surface area contributed by atoms with Gasteiger partial charge in [-0.1, -0.05) is 0 Å². The van der Waals surface area contributed by atoms with E-state index in [0.717, 1.165) is 18.9 Å². The molecular formula is C27H34F4N4O4S. The van der Waals surface area contributed by atoms with Crippen LogP contribution in [0.15, 0.2) is 41.4 Å². The number of hydrogen-bond acceptors (Lipinski definition) is 7. The molecule has 4 rings (SSSR count). The van der Waals surface area contributed by atoms with Gasteiger partial charge in [0.05, 0.1) is 47.9 Å². The number of pyridine rings is 1. The molecule has 1 amide bonds. The highest BCUT2D eigenvalue weighted by Crippen LogP contribution is 2.39. The summed E-state index contributed by atoms with van der Waals surface area (Å²) in [4.78, 5) is 17.9. The van der Waals surface area contributed by atoms with Gasteiger partial charge in [0, 0.05) is 24.6 Å². The third kappa shape index (κ3) is 7.06. The third-order valence-electron chi connectivity index (χ3n) is 7.51. The normalized spacial score (nSPS) is 22.4. The monoisotopic (exact) mass is 586 g/mol. The number of nitrogens with zero attached hydrogens (tertiary/aromatic N) is 3. The SMILES string of the molecule is CC(C)(CN1CCC(COc2ccc(-c3ccc([S+]([O-])N4C[C@H](O)C[C@H]4C(N)=O)cc3F)nc2)CC1)C(F)(F)F. The van der Waals surface area contributed by atoms with Crippen molar-refractivity contribution in [2.75, 3.05) is 32.8 Å². The second kappa shape index (κ2) is 12.2. The van der Waals surface area contributed by atoms with Crippen LogP contribution in [-0.2, 0) is 16.2 Å². The number of alkyl halides is 3. The Bertz CT molecular complexity index is 1180. The average molecular weight is 587 g/mol. The van der Waals surface area contributed by atoms with Crippen LogP contribution >= 0.6 is 0 Å². The maximum absolute atomic E-state index is 15.0. The van der Waals surface area contributed by atoms with E-state index in [9.17, 15) is 32.0 Å². The molecule has 8 nitrogen and oxygen atoms in total. The van der Waals surface area contributed by atoms with Crippen molar-refractivity contribution in [3.63, 3.8) is 0 Å². The number of carbonyl (C=O) groups excluding carboxylic acids is 1. The lowest BCUT2D eigenvalue weighted by atomic mass is 9.89. The van der Waals surface area contributed by atoms with Crippen LogP contribution in [0.3, 0.4) is 0 Å². The summed E-state index contributed by atoms with van der Waals surface area (Å²) in [6, 6.07) is 6.41. The Morgan fingerprint density at radius 3 is 2.50 bits per heavy atom. The number of nitrogens with two attached hydrogens (primary N) is 1. The second-order valence-electron chi connectivity index (χ2n) is 11.1. The van der Waals surface area contributed by atoms with E-state index < -0.39 is 46.8 Å². The summed E-state index contributed by atoms with van der Waals surface area (Å²) in [5.41, 5.74) is 4.13. The van der Waals surface area contributed by atoms with E-state index in [4.69, 9.17) is 10.5 Å². The summed E-state index contributed by atoms with van der Waals surface area (Å²) in [7, 11) is 0. The van der Waals surface area contributed by atoms with Crippen LogP contribution in [0.25, 0.3) is 11.3 Å². The van der Waals surface area contributed by atoms with Gasteiger partial charge in [0.25, 0.3) is 0 Å². The number of carbonyl (C=O) groups is 1. The highest BCUT2D eigenvalue weighted by Gasteiger charge is 2.48. The number of ether oxygens (including phenoxy) is 1. The molecule has 1 aromatic heterocycles. The Kier molecular flexibility index (Phi) is 9.30. The van der Waals surface area contributed by atoms with Gasteiger partial charge in [-0.15, -0.1) is 4.31 Å². The Labute approximate surface area is 233 Å². The summed E-state index contributed by atoms with van der Waals surface area (Å²) >= 11 is -1.89. The number of amides is 1. The molecule has 0 spiro atoms. The average Bonchev–Trinajstić information content (AvgIpc) is 3.29. The van der Waals surface area contributed by atoms with Crippen LogP contribution in [0, 0.1) is 17.2 Å². The van der Waals surface area contributed by atoms with Crippen molar-refractivity contribution in [2.24, 2.45) is 17.1 Å². The van der Waals surface area contributed by atoms with Gasteiger partial charge in [0.2, 0.25) is 5.91 Å². The molecule has 2 fully saturated rings. The number of primary amides is 1. The lowest BCUT2D eigenvalue weighted by Crippen LogP contribution is -2.46. The molecule has 0 radical (unpaired) electrons. The summed E-state index contributed by atoms with van der Waals surface area (Å²) < 4.78 is 74.6. The van der Waals surface area contributed by atoms with Gasteiger partial charge >= 0.3 is 6.18 Å². The number of piperidine rings is 1. The van der Waals surface area contributed by atoms with Crippen LogP contribution in [0.4, 0.5) is 17.6 Å².